The number of hydrogen-bond acceptors (Lipinski definition) is 2. The summed E-state index contributed by atoms with van der Waals surface area (Å²) in [5, 5.41) is 0.960. The minimum Gasteiger partial charge on any atom is -0.288 e. The van der Waals surface area contributed by atoms with Crippen molar-refractivity contribution in [2.24, 2.45) is 0 Å². The number of nitrogens with zero attached hydrogens (tertiary/aromatic N) is 2. The first kappa shape index (κ1) is 17.3. The average Bonchev–Trinajstić information content (AvgIpc) is 2.65. The molecule has 3 aromatic carbocycles. The average molecular weight is 377 g/mol. The Kier molecular flexibility index (Phi) is 4.42. The van der Waals surface area contributed by atoms with Gasteiger partial charge in [0, 0.05) is 5.02 Å². The lowest BCUT2D eigenvalue weighted by Gasteiger charge is -2.14. The summed E-state index contributed by atoms with van der Waals surface area (Å²) < 4.78 is 2.82. The van der Waals surface area contributed by atoms with Gasteiger partial charge in [-0.05, 0) is 42.8 Å². The molecule has 0 unspecified atom stereocenters. The molecule has 4 aromatic rings. The Balaban J connectivity index is 2.03. The lowest BCUT2D eigenvalue weighted by molar-refractivity contribution is 0.714. The summed E-state index contributed by atoms with van der Waals surface area (Å²) >= 11 is 6.08. The van der Waals surface area contributed by atoms with E-state index < -0.39 is 0 Å². The van der Waals surface area contributed by atoms with Crippen LogP contribution < -0.4 is 11.2 Å². The number of benzene rings is 3. The van der Waals surface area contributed by atoms with Crippen LogP contribution in [0.1, 0.15) is 11.1 Å². The third-order valence-corrected chi connectivity index (χ3v) is 4.78. The Bertz CT molecular complexity index is 1270. The van der Waals surface area contributed by atoms with Gasteiger partial charge in [-0.3, -0.25) is 9.36 Å². The maximum absolute atomic E-state index is 13.3. The quantitative estimate of drug-likeness (QED) is 0.539. The third-order valence-electron chi connectivity index (χ3n) is 4.54. The molecule has 4 rings (SSSR count). The van der Waals surface area contributed by atoms with Crippen molar-refractivity contribution in [2.45, 2.75) is 13.5 Å². The van der Waals surface area contributed by atoms with Gasteiger partial charge in [0.05, 0.1) is 23.1 Å². The first-order valence-electron chi connectivity index (χ1n) is 8.61. The van der Waals surface area contributed by atoms with Crippen LogP contribution in [0.15, 0.2) is 82.4 Å². The molecule has 4 nitrogen and oxygen atoms in total. The summed E-state index contributed by atoms with van der Waals surface area (Å²) in [7, 11) is 0. The zero-order chi connectivity index (χ0) is 19.0. The van der Waals surface area contributed by atoms with Crippen LogP contribution in [0.2, 0.25) is 5.02 Å². The smallest absolute Gasteiger partial charge is 0.288 e. The third kappa shape index (κ3) is 3.20. The molecule has 0 radical (unpaired) electrons. The zero-order valence-electron chi connectivity index (χ0n) is 14.7. The number of fused-ring (bicyclic) bond motifs is 1. The van der Waals surface area contributed by atoms with Gasteiger partial charge in [-0.2, -0.15) is 0 Å². The summed E-state index contributed by atoms with van der Waals surface area (Å²) in [6.45, 7) is 2.39. The lowest BCUT2D eigenvalue weighted by atomic mass is 10.1. The summed E-state index contributed by atoms with van der Waals surface area (Å²) in [6, 6.07) is 21.9. The Morgan fingerprint density at radius 1 is 0.889 bits per heavy atom. The Hall–Kier alpha value is -3.11. The second-order valence-corrected chi connectivity index (χ2v) is 6.93. The van der Waals surface area contributed by atoms with Gasteiger partial charge in [-0.15, -0.1) is 0 Å². The van der Waals surface area contributed by atoms with Gasteiger partial charge in [-0.1, -0.05) is 59.6 Å². The second kappa shape index (κ2) is 6.89. The molecule has 134 valence electrons. The maximum Gasteiger partial charge on any atom is 0.336 e. The van der Waals surface area contributed by atoms with E-state index in [1.807, 2.05) is 37.3 Å². The molecule has 0 aliphatic heterocycles. The zero-order valence-corrected chi connectivity index (χ0v) is 15.5. The minimum absolute atomic E-state index is 0.349. The van der Waals surface area contributed by atoms with Crippen molar-refractivity contribution in [3.8, 4) is 5.69 Å². The molecular weight excluding hydrogens is 360 g/mol. The standard InChI is InChI=1S/C22H17ClN2O2/c1-15-6-4-7-16(12-15)14-24-20-11-3-2-10-19(20)21(26)25(22(24)27)18-9-5-8-17(23)13-18/h2-13H,14H2,1H3. The fourth-order valence-electron chi connectivity index (χ4n) is 3.31. The van der Waals surface area contributed by atoms with Crippen molar-refractivity contribution >= 4 is 22.5 Å². The first-order valence-corrected chi connectivity index (χ1v) is 8.98. The number of hydrogen-bond donors (Lipinski definition) is 0. The monoisotopic (exact) mass is 376 g/mol. The molecule has 0 fully saturated rings. The lowest BCUT2D eigenvalue weighted by Crippen LogP contribution is -2.39. The molecule has 0 amide bonds. The predicted molar refractivity (Wildman–Crippen MR) is 109 cm³/mol. The van der Waals surface area contributed by atoms with Gasteiger partial charge >= 0.3 is 5.69 Å². The van der Waals surface area contributed by atoms with Gasteiger partial charge in [0.15, 0.2) is 0 Å². The molecule has 0 N–H and O–H groups in total. The van der Waals surface area contributed by atoms with Gasteiger partial charge in [0.1, 0.15) is 0 Å². The van der Waals surface area contributed by atoms with Crippen LogP contribution in [-0.2, 0) is 6.54 Å². The van der Waals surface area contributed by atoms with Crippen LogP contribution in [0.3, 0.4) is 0 Å². The highest BCUT2D eigenvalue weighted by molar-refractivity contribution is 6.30. The second-order valence-electron chi connectivity index (χ2n) is 6.50. The van der Waals surface area contributed by atoms with E-state index in [0.29, 0.717) is 28.2 Å². The van der Waals surface area contributed by atoms with Crippen molar-refractivity contribution in [1.82, 2.24) is 9.13 Å². The summed E-state index contributed by atoms with van der Waals surface area (Å²) in [5.74, 6) is 0. The van der Waals surface area contributed by atoms with Gasteiger partial charge in [-0.25, -0.2) is 9.36 Å². The fourth-order valence-corrected chi connectivity index (χ4v) is 3.49. The molecular formula is C22H17ClN2O2. The summed E-state index contributed by atoms with van der Waals surface area (Å²) in [5.41, 5.74) is 2.46. The highest BCUT2D eigenvalue weighted by Gasteiger charge is 2.14. The predicted octanol–water partition coefficient (Wildman–Crippen LogP) is 4.16. The van der Waals surface area contributed by atoms with Crippen molar-refractivity contribution in [3.63, 3.8) is 0 Å². The molecule has 5 heteroatoms. The van der Waals surface area contributed by atoms with Gasteiger partial charge in [0.2, 0.25) is 0 Å². The first-order chi connectivity index (χ1) is 13.0. The number of halogens is 1. The van der Waals surface area contributed by atoms with E-state index in [9.17, 15) is 9.59 Å². The van der Waals surface area contributed by atoms with Crippen LogP contribution in [0.5, 0.6) is 0 Å². The van der Waals surface area contributed by atoms with Crippen LogP contribution in [0, 0.1) is 6.92 Å². The molecule has 0 saturated heterocycles. The Morgan fingerprint density at radius 2 is 1.67 bits per heavy atom. The van der Waals surface area contributed by atoms with E-state index in [1.54, 1.807) is 47.0 Å². The number of aryl methyl sites for hydroxylation is 1. The van der Waals surface area contributed by atoms with Crippen LogP contribution >= 0.6 is 11.6 Å². The van der Waals surface area contributed by atoms with E-state index in [0.717, 1.165) is 11.1 Å². The van der Waals surface area contributed by atoms with E-state index in [-0.39, 0.29) is 11.2 Å². The SMILES string of the molecule is Cc1cccc(Cn2c(=O)n(-c3cccc(Cl)c3)c(=O)c3ccccc32)c1. The van der Waals surface area contributed by atoms with Crippen LogP contribution in [-0.4, -0.2) is 9.13 Å². The molecule has 0 spiro atoms. The van der Waals surface area contributed by atoms with Crippen molar-refractivity contribution in [1.29, 1.82) is 0 Å². The molecule has 27 heavy (non-hydrogen) atoms. The number of rotatable bonds is 3. The molecule has 0 atom stereocenters. The Labute approximate surface area is 160 Å². The molecule has 0 aliphatic rings. The molecule has 0 aliphatic carbocycles. The summed E-state index contributed by atoms with van der Waals surface area (Å²) in [6.07, 6.45) is 0. The molecule has 0 saturated carbocycles. The van der Waals surface area contributed by atoms with Crippen molar-refractivity contribution in [2.75, 3.05) is 0 Å². The highest BCUT2D eigenvalue weighted by atomic mass is 35.5. The van der Waals surface area contributed by atoms with Gasteiger partial charge < -0.3 is 0 Å². The molecule has 0 bridgehead atoms. The van der Waals surface area contributed by atoms with Crippen LogP contribution in [0.25, 0.3) is 16.6 Å². The summed E-state index contributed by atoms with van der Waals surface area (Å²) in [4.78, 5) is 26.3. The van der Waals surface area contributed by atoms with E-state index in [4.69, 9.17) is 11.6 Å². The number of aromatic nitrogens is 2. The van der Waals surface area contributed by atoms with Crippen LogP contribution in [0.4, 0.5) is 0 Å². The largest absolute Gasteiger partial charge is 0.336 e. The van der Waals surface area contributed by atoms with Crippen molar-refractivity contribution in [3.05, 3.63) is 110 Å². The van der Waals surface area contributed by atoms with E-state index in [2.05, 4.69) is 0 Å². The Morgan fingerprint density at radius 3 is 2.44 bits per heavy atom. The topological polar surface area (TPSA) is 44.0 Å². The minimum atomic E-state index is -0.387. The molecule has 1 aromatic heterocycles. The van der Waals surface area contributed by atoms with E-state index >= 15 is 0 Å². The fraction of sp³-hybridized carbons (Fsp3) is 0.0909. The van der Waals surface area contributed by atoms with Crippen molar-refractivity contribution < 1.29 is 0 Å². The normalized spacial score (nSPS) is 11.0. The van der Waals surface area contributed by atoms with E-state index in [1.165, 1.54) is 4.57 Å². The van der Waals surface area contributed by atoms with Gasteiger partial charge in [0.25, 0.3) is 5.56 Å². The maximum atomic E-state index is 13.3. The highest BCUT2D eigenvalue weighted by Crippen LogP contribution is 2.15. The molecule has 1 heterocycles. The number of para-hydroxylation sites is 1.